The summed E-state index contributed by atoms with van der Waals surface area (Å²) in [5.74, 6) is -0.688. The first-order chi connectivity index (χ1) is 7.09. The fourth-order valence-corrected chi connectivity index (χ4v) is 1.48. The van der Waals surface area contributed by atoms with E-state index in [0.29, 0.717) is 0 Å². The van der Waals surface area contributed by atoms with E-state index >= 15 is 0 Å². The second kappa shape index (κ2) is 4.05. The Kier molecular flexibility index (Phi) is 3.28. The van der Waals surface area contributed by atoms with Crippen molar-refractivity contribution in [2.45, 2.75) is 32.0 Å². The van der Waals surface area contributed by atoms with Gasteiger partial charge in [-0.3, -0.25) is 0 Å². The predicted octanol–water partition coefficient (Wildman–Crippen LogP) is 3.12. The Morgan fingerprint density at radius 2 is 1.75 bits per heavy atom. The molecule has 0 heterocycles. The molecule has 0 aliphatic rings. The molecule has 1 aromatic rings. The minimum absolute atomic E-state index is 0.0282. The molecule has 0 aliphatic heterocycles. The summed E-state index contributed by atoms with van der Waals surface area (Å²) in [4.78, 5) is 0. The van der Waals surface area contributed by atoms with Crippen LogP contribution in [0.1, 0.15) is 25.0 Å². The predicted molar refractivity (Wildman–Crippen MR) is 53.4 cm³/mol. The Balaban J connectivity index is 3.19. The number of benzene rings is 1. The van der Waals surface area contributed by atoms with Gasteiger partial charge in [0.25, 0.3) is 0 Å². The number of nitrogens with two attached hydrogens (primary N) is 1. The van der Waals surface area contributed by atoms with Gasteiger partial charge >= 0.3 is 6.18 Å². The van der Waals surface area contributed by atoms with Gasteiger partial charge in [-0.1, -0.05) is 0 Å². The lowest BCUT2D eigenvalue weighted by Crippen LogP contribution is -2.35. The van der Waals surface area contributed by atoms with Gasteiger partial charge in [0.05, 0.1) is 5.56 Å². The van der Waals surface area contributed by atoms with Gasteiger partial charge in [-0.25, -0.2) is 4.39 Å². The van der Waals surface area contributed by atoms with Crippen molar-refractivity contribution in [3.8, 4) is 0 Å². The fourth-order valence-electron chi connectivity index (χ4n) is 1.48. The maximum atomic E-state index is 12.9. The highest BCUT2D eigenvalue weighted by molar-refractivity contribution is 5.31. The van der Waals surface area contributed by atoms with E-state index in [2.05, 4.69) is 0 Å². The van der Waals surface area contributed by atoms with Crippen LogP contribution in [0.15, 0.2) is 18.2 Å². The van der Waals surface area contributed by atoms with Crippen molar-refractivity contribution in [2.24, 2.45) is 5.73 Å². The van der Waals surface area contributed by atoms with E-state index in [9.17, 15) is 17.6 Å². The molecule has 0 saturated heterocycles. The van der Waals surface area contributed by atoms with Crippen LogP contribution in [0, 0.1) is 5.82 Å². The summed E-state index contributed by atoms with van der Waals surface area (Å²) in [6, 6.07) is 2.43. The number of alkyl halides is 3. The van der Waals surface area contributed by atoms with E-state index in [1.54, 1.807) is 13.8 Å². The lowest BCUT2D eigenvalue weighted by Gasteiger charge is -2.21. The van der Waals surface area contributed by atoms with Crippen LogP contribution < -0.4 is 5.73 Å². The summed E-state index contributed by atoms with van der Waals surface area (Å²) in [6.07, 6.45) is -4.51. The summed E-state index contributed by atoms with van der Waals surface area (Å²) >= 11 is 0. The maximum absolute atomic E-state index is 12.9. The van der Waals surface area contributed by atoms with Crippen molar-refractivity contribution >= 4 is 0 Å². The lowest BCUT2D eigenvalue weighted by molar-refractivity contribution is -0.138. The SMILES string of the molecule is CC(C)(N)Cc1cc(F)ccc1C(F)(F)F. The molecule has 1 aromatic carbocycles. The van der Waals surface area contributed by atoms with Crippen LogP contribution in [0.25, 0.3) is 0 Å². The van der Waals surface area contributed by atoms with Gasteiger partial charge in [0, 0.05) is 5.54 Å². The molecule has 1 nitrogen and oxygen atoms in total. The van der Waals surface area contributed by atoms with E-state index in [-0.39, 0.29) is 12.0 Å². The normalized spacial score (nSPS) is 12.9. The standard InChI is InChI=1S/C11H13F4N/c1-10(2,16)6-7-5-8(12)3-4-9(7)11(13,14)15/h3-5H,6,16H2,1-2H3. The first-order valence-corrected chi connectivity index (χ1v) is 4.74. The molecule has 5 heteroatoms. The molecule has 1 rings (SSSR count). The van der Waals surface area contributed by atoms with E-state index in [1.165, 1.54) is 0 Å². The van der Waals surface area contributed by atoms with Gasteiger partial charge in [-0.05, 0) is 44.0 Å². The Hall–Kier alpha value is -1.10. The zero-order valence-electron chi connectivity index (χ0n) is 9.03. The molecule has 0 amide bonds. The number of hydrogen-bond donors (Lipinski definition) is 1. The molecular weight excluding hydrogens is 222 g/mol. The number of hydrogen-bond acceptors (Lipinski definition) is 1. The Labute approximate surface area is 91.3 Å². The zero-order chi connectivity index (χ0) is 12.6. The Bertz CT molecular complexity index is 377. The van der Waals surface area contributed by atoms with Gasteiger partial charge < -0.3 is 5.73 Å². The van der Waals surface area contributed by atoms with Crippen molar-refractivity contribution in [1.29, 1.82) is 0 Å². The first-order valence-electron chi connectivity index (χ1n) is 4.74. The molecule has 0 aromatic heterocycles. The van der Waals surface area contributed by atoms with Crippen molar-refractivity contribution in [1.82, 2.24) is 0 Å². The average molecular weight is 235 g/mol. The highest BCUT2D eigenvalue weighted by Crippen LogP contribution is 2.33. The molecule has 0 bridgehead atoms. The molecular formula is C11H13F4N. The topological polar surface area (TPSA) is 26.0 Å². The van der Waals surface area contributed by atoms with Crippen LogP contribution in [-0.4, -0.2) is 5.54 Å². The van der Waals surface area contributed by atoms with Crippen molar-refractivity contribution in [3.63, 3.8) is 0 Å². The highest BCUT2D eigenvalue weighted by Gasteiger charge is 2.34. The summed E-state index contributed by atoms with van der Waals surface area (Å²) in [6.45, 7) is 3.19. The minimum Gasteiger partial charge on any atom is -0.325 e. The van der Waals surface area contributed by atoms with Gasteiger partial charge in [-0.15, -0.1) is 0 Å². The third-order valence-corrected chi connectivity index (χ3v) is 2.02. The molecule has 0 unspecified atom stereocenters. The van der Waals surface area contributed by atoms with Crippen LogP contribution in [-0.2, 0) is 12.6 Å². The van der Waals surface area contributed by atoms with E-state index in [1.807, 2.05) is 0 Å². The smallest absolute Gasteiger partial charge is 0.325 e. The van der Waals surface area contributed by atoms with E-state index in [4.69, 9.17) is 5.73 Å². The maximum Gasteiger partial charge on any atom is 0.416 e. The summed E-state index contributed by atoms with van der Waals surface area (Å²) in [5, 5.41) is 0. The van der Waals surface area contributed by atoms with Crippen molar-refractivity contribution in [2.75, 3.05) is 0 Å². The average Bonchev–Trinajstić information content (AvgIpc) is 1.97. The quantitative estimate of drug-likeness (QED) is 0.783. The fraction of sp³-hybridized carbons (Fsp3) is 0.455. The van der Waals surface area contributed by atoms with Crippen LogP contribution in [0.3, 0.4) is 0 Å². The lowest BCUT2D eigenvalue weighted by atomic mass is 9.92. The van der Waals surface area contributed by atoms with Crippen LogP contribution in [0.5, 0.6) is 0 Å². The third-order valence-electron chi connectivity index (χ3n) is 2.02. The monoisotopic (exact) mass is 235 g/mol. The first kappa shape index (κ1) is 13.0. The zero-order valence-corrected chi connectivity index (χ0v) is 9.03. The van der Waals surface area contributed by atoms with Gasteiger partial charge in [0.1, 0.15) is 5.82 Å². The van der Waals surface area contributed by atoms with Crippen LogP contribution >= 0.6 is 0 Å². The Morgan fingerprint density at radius 1 is 1.19 bits per heavy atom. The third kappa shape index (κ3) is 3.48. The Morgan fingerprint density at radius 3 is 2.19 bits per heavy atom. The molecule has 0 saturated carbocycles. The van der Waals surface area contributed by atoms with Gasteiger partial charge in [-0.2, -0.15) is 13.2 Å². The summed E-state index contributed by atoms with van der Waals surface area (Å²) in [5.41, 5.74) is 3.89. The van der Waals surface area contributed by atoms with Crippen molar-refractivity contribution < 1.29 is 17.6 Å². The molecule has 90 valence electrons. The molecule has 16 heavy (non-hydrogen) atoms. The molecule has 2 N–H and O–H groups in total. The van der Waals surface area contributed by atoms with E-state index < -0.39 is 23.1 Å². The van der Waals surface area contributed by atoms with Gasteiger partial charge in [0.2, 0.25) is 0 Å². The highest BCUT2D eigenvalue weighted by atomic mass is 19.4. The second-order valence-corrected chi connectivity index (χ2v) is 4.46. The van der Waals surface area contributed by atoms with Gasteiger partial charge in [0.15, 0.2) is 0 Å². The summed E-state index contributed by atoms with van der Waals surface area (Å²) in [7, 11) is 0. The van der Waals surface area contributed by atoms with E-state index in [0.717, 1.165) is 18.2 Å². The molecule has 0 radical (unpaired) electrons. The minimum atomic E-state index is -4.48. The molecule has 0 atom stereocenters. The molecule has 0 aliphatic carbocycles. The molecule has 0 spiro atoms. The largest absolute Gasteiger partial charge is 0.416 e. The number of halogens is 4. The van der Waals surface area contributed by atoms with Crippen LogP contribution in [0.2, 0.25) is 0 Å². The van der Waals surface area contributed by atoms with Crippen molar-refractivity contribution in [3.05, 3.63) is 35.1 Å². The molecule has 0 fully saturated rings. The second-order valence-electron chi connectivity index (χ2n) is 4.46. The summed E-state index contributed by atoms with van der Waals surface area (Å²) < 4.78 is 50.7. The van der Waals surface area contributed by atoms with Crippen LogP contribution in [0.4, 0.5) is 17.6 Å². The number of rotatable bonds is 2.